The first kappa shape index (κ1) is 21.9. The van der Waals surface area contributed by atoms with Crippen molar-refractivity contribution >= 4 is 17.7 Å². The minimum absolute atomic E-state index is 0.0124. The molecule has 3 atom stereocenters. The molecule has 0 bridgehead atoms. The predicted molar refractivity (Wildman–Crippen MR) is 120 cm³/mol. The number of ether oxygens (including phenoxy) is 1. The van der Waals surface area contributed by atoms with Crippen LogP contribution in [-0.4, -0.2) is 41.8 Å². The molecule has 2 aromatic carbocycles. The minimum atomic E-state index is -0.706. The van der Waals surface area contributed by atoms with Crippen LogP contribution in [0, 0.1) is 5.92 Å². The van der Waals surface area contributed by atoms with Gasteiger partial charge in [-0.25, -0.2) is 0 Å². The Bertz CT molecular complexity index is 990. The van der Waals surface area contributed by atoms with E-state index in [1.54, 1.807) is 14.0 Å². The first-order chi connectivity index (χ1) is 15.5. The number of amides is 3. The molecule has 4 rings (SSSR count). The molecule has 3 amide bonds. The largest absolute Gasteiger partial charge is 0.497 e. The maximum atomic E-state index is 13.2. The van der Waals surface area contributed by atoms with Crippen LogP contribution in [0.15, 0.2) is 54.6 Å². The van der Waals surface area contributed by atoms with Gasteiger partial charge in [-0.05, 0) is 43.0 Å². The van der Waals surface area contributed by atoms with E-state index in [0.29, 0.717) is 12.3 Å². The van der Waals surface area contributed by atoms with Crippen LogP contribution in [0.25, 0.3) is 0 Å². The summed E-state index contributed by atoms with van der Waals surface area (Å²) in [7, 11) is 1.59. The topological polar surface area (TPSA) is 87.7 Å². The second-order valence-corrected chi connectivity index (χ2v) is 8.50. The van der Waals surface area contributed by atoms with Crippen LogP contribution in [-0.2, 0) is 20.9 Å². The van der Waals surface area contributed by atoms with E-state index >= 15 is 0 Å². The van der Waals surface area contributed by atoms with E-state index in [1.165, 1.54) is 0 Å². The summed E-state index contributed by atoms with van der Waals surface area (Å²) >= 11 is 0. The fourth-order valence-electron chi connectivity index (χ4n) is 4.32. The SMILES string of the molecule is COc1cccc([C@@H]2[C@@H](C(=O)N[C@H](C)C(=O)NCc3ccccc3)CC(=O)N2C2CC2)c1. The smallest absolute Gasteiger partial charge is 0.242 e. The minimum Gasteiger partial charge on any atom is -0.497 e. The number of hydrogen-bond acceptors (Lipinski definition) is 4. The molecule has 2 aromatic rings. The third-order valence-corrected chi connectivity index (χ3v) is 6.14. The zero-order valence-corrected chi connectivity index (χ0v) is 18.4. The maximum Gasteiger partial charge on any atom is 0.242 e. The van der Waals surface area contributed by atoms with Crippen molar-refractivity contribution in [1.82, 2.24) is 15.5 Å². The summed E-state index contributed by atoms with van der Waals surface area (Å²) in [5.74, 6) is -0.424. The molecule has 0 unspecified atom stereocenters. The zero-order chi connectivity index (χ0) is 22.7. The molecule has 1 saturated heterocycles. The van der Waals surface area contributed by atoms with E-state index in [4.69, 9.17) is 4.74 Å². The number of rotatable bonds is 8. The molecular weight excluding hydrogens is 406 g/mol. The van der Waals surface area contributed by atoms with Crippen molar-refractivity contribution in [2.75, 3.05) is 7.11 Å². The molecule has 0 radical (unpaired) electrons. The summed E-state index contributed by atoms with van der Waals surface area (Å²) in [4.78, 5) is 40.4. The maximum absolute atomic E-state index is 13.2. The van der Waals surface area contributed by atoms with Crippen molar-refractivity contribution in [2.24, 2.45) is 5.92 Å². The van der Waals surface area contributed by atoms with Crippen LogP contribution in [0.1, 0.15) is 43.4 Å². The highest BCUT2D eigenvalue weighted by atomic mass is 16.5. The first-order valence-corrected chi connectivity index (χ1v) is 11.0. The highest BCUT2D eigenvalue weighted by Crippen LogP contribution is 2.45. The van der Waals surface area contributed by atoms with Crippen LogP contribution >= 0.6 is 0 Å². The van der Waals surface area contributed by atoms with Gasteiger partial charge in [0, 0.05) is 19.0 Å². The number of likely N-dealkylation sites (tertiary alicyclic amines) is 1. The van der Waals surface area contributed by atoms with Crippen LogP contribution in [0.4, 0.5) is 0 Å². The summed E-state index contributed by atoms with van der Waals surface area (Å²) in [5.41, 5.74) is 1.86. The molecule has 2 fully saturated rings. The summed E-state index contributed by atoms with van der Waals surface area (Å²) in [6, 6.07) is 16.2. The average molecular weight is 436 g/mol. The number of nitrogens with one attached hydrogen (secondary N) is 2. The third kappa shape index (κ3) is 4.77. The number of methoxy groups -OCH3 is 1. The number of hydrogen-bond donors (Lipinski definition) is 2. The van der Waals surface area contributed by atoms with Crippen molar-refractivity contribution in [2.45, 2.75) is 50.9 Å². The molecule has 1 heterocycles. The van der Waals surface area contributed by atoms with Crippen molar-refractivity contribution < 1.29 is 19.1 Å². The standard InChI is InChI=1S/C25H29N3O4/c1-16(24(30)26-15-17-7-4-3-5-8-17)27-25(31)21-14-22(29)28(19-11-12-19)23(21)18-9-6-10-20(13-18)32-2/h3-10,13,16,19,21,23H,11-12,14-15H2,1-2H3,(H,26,30)(H,27,31)/t16-,21+,23-/m1/s1. The number of benzene rings is 2. The Morgan fingerprint density at radius 1 is 1.12 bits per heavy atom. The number of nitrogens with zero attached hydrogens (tertiary/aromatic N) is 1. The lowest BCUT2D eigenvalue weighted by atomic mass is 9.92. The Labute approximate surface area is 188 Å². The van der Waals surface area contributed by atoms with E-state index in [-0.39, 0.29) is 36.2 Å². The lowest BCUT2D eigenvalue weighted by Crippen LogP contribution is -2.47. The van der Waals surface area contributed by atoms with Gasteiger partial charge in [0.05, 0.1) is 19.1 Å². The fraction of sp³-hybridized carbons (Fsp3) is 0.400. The monoisotopic (exact) mass is 435 g/mol. The molecule has 1 aliphatic carbocycles. The predicted octanol–water partition coefficient (Wildman–Crippen LogP) is 2.57. The number of carbonyl (C=O) groups is 3. The first-order valence-electron chi connectivity index (χ1n) is 11.0. The van der Waals surface area contributed by atoms with E-state index < -0.39 is 12.0 Å². The second kappa shape index (κ2) is 9.42. The van der Waals surface area contributed by atoms with Crippen molar-refractivity contribution in [3.05, 3.63) is 65.7 Å². The highest BCUT2D eigenvalue weighted by molar-refractivity contribution is 5.93. The van der Waals surface area contributed by atoms with Gasteiger partial charge in [-0.1, -0.05) is 42.5 Å². The van der Waals surface area contributed by atoms with E-state index in [9.17, 15) is 14.4 Å². The second-order valence-electron chi connectivity index (χ2n) is 8.50. The van der Waals surface area contributed by atoms with E-state index in [2.05, 4.69) is 10.6 Å². The fourth-order valence-corrected chi connectivity index (χ4v) is 4.32. The van der Waals surface area contributed by atoms with Gasteiger partial charge in [-0.15, -0.1) is 0 Å². The third-order valence-electron chi connectivity index (χ3n) is 6.14. The molecular formula is C25H29N3O4. The van der Waals surface area contributed by atoms with Gasteiger partial charge in [-0.3, -0.25) is 14.4 Å². The molecule has 0 aromatic heterocycles. The van der Waals surface area contributed by atoms with Crippen LogP contribution in [0.2, 0.25) is 0 Å². The Balaban J connectivity index is 1.45. The molecule has 1 aliphatic heterocycles. The van der Waals surface area contributed by atoms with Gasteiger partial charge in [0.15, 0.2) is 0 Å². The quantitative estimate of drug-likeness (QED) is 0.667. The molecule has 1 saturated carbocycles. The lowest BCUT2D eigenvalue weighted by molar-refractivity contribution is -0.131. The Hall–Kier alpha value is -3.35. The zero-order valence-electron chi connectivity index (χ0n) is 18.4. The van der Waals surface area contributed by atoms with Gasteiger partial charge in [-0.2, -0.15) is 0 Å². The van der Waals surface area contributed by atoms with Crippen LogP contribution < -0.4 is 15.4 Å². The molecule has 7 nitrogen and oxygen atoms in total. The summed E-state index contributed by atoms with van der Waals surface area (Å²) in [6.07, 6.45) is 2.06. The molecule has 7 heteroatoms. The summed E-state index contributed by atoms with van der Waals surface area (Å²) in [6.45, 7) is 2.05. The lowest BCUT2D eigenvalue weighted by Gasteiger charge is -2.29. The Morgan fingerprint density at radius 2 is 1.88 bits per heavy atom. The van der Waals surface area contributed by atoms with Crippen molar-refractivity contribution in [3.8, 4) is 5.75 Å². The summed E-state index contributed by atoms with van der Waals surface area (Å²) < 4.78 is 5.35. The van der Waals surface area contributed by atoms with Crippen LogP contribution in [0.3, 0.4) is 0 Å². The molecule has 2 N–H and O–H groups in total. The molecule has 32 heavy (non-hydrogen) atoms. The molecule has 0 spiro atoms. The Kier molecular flexibility index (Phi) is 6.44. The van der Waals surface area contributed by atoms with Gasteiger partial charge in [0.2, 0.25) is 17.7 Å². The van der Waals surface area contributed by atoms with Gasteiger partial charge in [0.1, 0.15) is 11.8 Å². The number of carbonyl (C=O) groups excluding carboxylic acids is 3. The molecule has 2 aliphatic rings. The van der Waals surface area contributed by atoms with Gasteiger partial charge < -0.3 is 20.3 Å². The Morgan fingerprint density at radius 3 is 2.56 bits per heavy atom. The van der Waals surface area contributed by atoms with E-state index in [1.807, 2.05) is 59.5 Å². The summed E-state index contributed by atoms with van der Waals surface area (Å²) in [5, 5.41) is 5.68. The van der Waals surface area contributed by atoms with Crippen molar-refractivity contribution in [1.29, 1.82) is 0 Å². The highest BCUT2D eigenvalue weighted by Gasteiger charge is 2.50. The van der Waals surface area contributed by atoms with Crippen molar-refractivity contribution in [3.63, 3.8) is 0 Å². The average Bonchev–Trinajstić information content (AvgIpc) is 3.59. The molecule has 168 valence electrons. The van der Waals surface area contributed by atoms with Gasteiger partial charge in [0.25, 0.3) is 0 Å². The van der Waals surface area contributed by atoms with Crippen LogP contribution in [0.5, 0.6) is 5.75 Å². The van der Waals surface area contributed by atoms with Gasteiger partial charge >= 0.3 is 0 Å². The normalized spacial score (nSPS) is 21.2. The van der Waals surface area contributed by atoms with E-state index in [0.717, 1.165) is 24.0 Å².